The van der Waals surface area contributed by atoms with Crippen molar-refractivity contribution < 1.29 is 22.4 Å². The number of nitrogens with one attached hydrogen (secondary N) is 1. The Bertz CT molecular complexity index is 719. The molecule has 0 saturated carbocycles. The van der Waals surface area contributed by atoms with Gasteiger partial charge in [-0.05, 0) is 13.0 Å². The summed E-state index contributed by atoms with van der Waals surface area (Å²) in [4.78, 5) is 17.0. The lowest BCUT2D eigenvalue weighted by Gasteiger charge is -2.22. The van der Waals surface area contributed by atoms with Crippen LogP contribution < -0.4 is 5.32 Å². The molecule has 2 amide bonds. The maximum absolute atomic E-state index is 13.7. The van der Waals surface area contributed by atoms with Gasteiger partial charge in [0.05, 0.1) is 12.6 Å². The van der Waals surface area contributed by atoms with Gasteiger partial charge in [0.1, 0.15) is 17.5 Å². The zero-order valence-electron chi connectivity index (χ0n) is 13.0. The number of hydrogen-bond acceptors (Lipinski definition) is 2. The maximum atomic E-state index is 13.7. The average molecular weight is 344 g/mol. The molecule has 5 nitrogen and oxygen atoms in total. The number of hydrogen-bond donors (Lipinski definition) is 1. The fourth-order valence-corrected chi connectivity index (χ4v) is 2.15. The molecule has 2 aromatic rings. The molecule has 1 unspecified atom stereocenters. The van der Waals surface area contributed by atoms with E-state index in [0.29, 0.717) is 4.57 Å². The lowest BCUT2D eigenvalue weighted by atomic mass is 10.1. The molecule has 2 rings (SSSR count). The van der Waals surface area contributed by atoms with Gasteiger partial charge in [0.2, 0.25) is 0 Å². The molecule has 0 aliphatic carbocycles. The molecule has 1 atom stereocenters. The minimum atomic E-state index is -2.76. The summed E-state index contributed by atoms with van der Waals surface area (Å²) in [6.45, 7) is -1.38. The van der Waals surface area contributed by atoms with Crippen LogP contribution in [0.25, 0.3) is 0 Å². The van der Waals surface area contributed by atoms with Crippen LogP contribution in [0.5, 0.6) is 0 Å². The quantitative estimate of drug-likeness (QED) is 0.845. The maximum Gasteiger partial charge on any atom is 0.319 e. The lowest BCUT2D eigenvalue weighted by molar-refractivity contribution is 0.0650. The number of carbonyl (C=O) groups is 1. The van der Waals surface area contributed by atoms with Crippen LogP contribution in [0.15, 0.2) is 30.6 Å². The van der Waals surface area contributed by atoms with Crippen LogP contribution in [0.2, 0.25) is 0 Å². The minimum Gasteiger partial charge on any atom is -0.331 e. The van der Waals surface area contributed by atoms with E-state index in [4.69, 9.17) is 0 Å². The highest BCUT2D eigenvalue weighted by Crippen LogP contribution is 2.18. The third kappa shape index (κ3) is 4.03. The van der Waals surface area contributed by atoms with E-state index in [1.54, 1.807) is 0 Å². The van der Waals surface area contributed by atoms with Gasteiger partial charge in [-0.15, -0.1) is 0 Å². The van der Waals surface area contributed by atoms with Gasteiger partial charge in [0.25, 0.3) is 0 Å². The molecule has 24 heavy (non-hydrogen) atoms. The van der Waals surface area contributed by atoms with Crippen molar-refractivity contribution in [3.8, 4) is 0 Å². The molecule has 130 valence electrons. The van der Waals surface area contributed by atoms with Gasteiger partial charge < -0.3 is 10.2 Å². The summed E-state index contributed by atoms with van der Waals surface area (Å²) >= 11 is 0. The summed E-state index contributed by atoms with van der Waals surface area (Å²) < 4.78 is 52.8. The SMILES string of the molecule is CC(NC(=O)N(C)Cc1nccn1C(F)F)c1ccc(F)cc1F. The van der Waals surface area contributed by atoms with E-state index in [2.05, 4.69) is 10.3 Å². The summed E-state index contributed by atoms with van der Waals surface area (Å²) in [7, 11) is 1.40. The second-order valence-electron chi connectivity index (χ2n) is 5.22. The van der Waals surface area contributed by atoms with E-state index in [9.17, 15) is 22.4 Å². The number of rotatable bonds is 5. The fourth-order valence-electron chi connectivity index (χ4n) is 2.15. The molecule has 1 heterocycles. The third-order valence-electron chi connectivity index (χ3n) is 3.45. The summed E-state index contributed by atoms with van der Waals surface area (Å²) in [5.74, 6) is -1.48. The molecule has 0 radical (unpaired) electrons. The van der Waals surface area contributed by atoms with Gasteiger partial charge in [-0.2, -0.15) is 8.78 Å². The molecule has 0 saturated heterocycles. The Morgan fingerprint density at radius 3 is 2.71 bits per heavy atom. The summed E-state index contributed by atoms with van der Waals surface area (Å²) in [5, 5.41) is 2.52. The summed E-state index contributed by atoms with van der Waals surface area (Å²) in [6.07, 6.45) is 2.33. The van der Waals surface area contributed by atoms with Gasteiger partial charge >= 0.3 is 12.6 Å². The fraction of sp³-hybridized carbons (Fsp3) is 0.333. The van der Waals surface area contributed by atoms with Crippen molar-refractivity contribution in [3.05, 3.63) is 53.6 Å². The van der Waals surface area contributed by atoms with Crippen LogP contribution >= 0.6 is 0 Å². The van der Waals surface area contributed by atoms with E-state index < -0.39 is 30.3 Å². The standard InChI is InChI=1S/C15H16F4N4O/c1-9(11-4-3-10(16)7-12(11)17)21-15(24)22(2)8-13-20-5-6-23(13)14(18)19/h3-7,9,14H,8H2,1-2H3,(H,21,24). The molecule has 0 fully saturated rings. The van der Waals surface area contributed by atoms with Crippen molar-refractivity contribution in [2.75, 3.05) is 7.05 Å². The number of amides is 2. The van der Waals surface area contributed by atoms with Gasteiger partial charge in [0.15, 0.2) is 0 Å². The Balaban J connectivity index is 2.01. The van der Waals surface area contributed by atoms with E-state index in [0.717, 1.165) is 23.2 Å². The molecule has 0 spiro atoms. The van der Waals surface area contributed by atoms with Crippen LogP contribution in [0.3, 0.4) is 0 Å². The van der Waals surface area contributed by atoms with Crippen molar-refractivity contribution in [2.45, 2.75) is 26.1 Å². The van der Waals surface area contributed by atoms with Crippen LogP contribution in [0.1, 0.15) is 30.9 Å². The van der Waals surface area contributed by atoms with Crippen molar-refractivity contribution in [2.24, 2.45) is 0 Å². The number of benzene rings is 1. The summed E-state index contributed by atoms with van der Waals surface area (Å²) in [5.41, 5.74) is 0.118. The lowest BCUT2D eigenvalue weighted by Crippen LogP contribution is -2.39. The van der Waals surface area contributed by atoms with Crippen molar-refractivity contribution >= 4 is 6.03 Å². The smallest absolute Gasteiger partial charge is 0.319 e. The molecule has 0 aliphatic rings. The minimum absolute atomic E-state index is 0.0169. The Kier molecular flexibility index (Phi) is 5.42. The zero-order chi connectivity index (χ0) is 17.9. The highest BCUT2D eigenvalue weighted by molar-refractivity contribution is 5.74. The summed E-state index contributed by atoms with van der Waals surface area (Å²) in [6, 6.07) is 1.72. The molecular weight excluding hydrogens is 328 g/mol. The topological polar surface area (TPSA) is 50.2 Å². The van der Waals surface area contributed by atoms with Crippen LogP contribution in [-0.4, -0.2) is 27.5 Å². The van der Waals surface area contributed by atoms with Gasteiger partial charge in [0, 0.05) is 31.1 Å². The first-order valence-corrected chi connectivity index (χ1v) is 7.06. The second-order valence-corrected chi connectivity index (χ2v) is 5.22. The number of urea groups is 1. The highest BCUT2D eigenvalue weighted by Gasteiger charge is 2.19. The molecular formula is C15H16F4N4O. The predicted octanol–water partition coefficient (Wildman–Crippen LogP) is 3.46. The number of halogens is 4. The molecule has 1 aromatic heterocycles. The normalized spacial score (nSPS) is 12.3. The Morgan fingerprint density at radius 2 is 2.08 bits per heavy atom. The Morgan fingerprint density at radius 1 is 1.38 bits per heavy atom. The third-order valence-corrected chi connectivity index (χ3v) is 3.45. The molecule has 1 N–H and O–H groups in total. The van der Waals surface area contributed by atoms with Gasteiger partial charge in [-0.1, -0.05) is 6.07 Å². The van der Waals surface area contributed by atoms with Crippen LogP contribution in [0, 0.1) is 11.6 Å². The number of nitrogens with zero attached hydrogens (tertiary/aromatic N) is 3. The number of alkyl halides is 2. The van der Waals surface area contributed by atoms with Crippen molar-refractivity contribution in [1.82, 2.24) is 19.8 Å². The van der Waals surface area contributed by atoms with Crippen molar-refractivity contribution in [3.63, 3.8) is 0 Å². The number of carbonyl (C=O) groups excluding carboxylic acids is 1. The van der Waals surface area contributed by atoms with Crippen molar-refractivity contribution in [1.29, 1.82) is 0 Å². The molecule has 9 heteroatoms. The van der Waals surface area contributed by atoms with E-state index in [1.807, 2.05) is 0 Å². The number of imidazole rings is 1. The first-order chi connectivity index (χ1) is 11.3. The van der Waals surface area contributed by atoms with E-state index in [-0.39, 0.29) is 17.9 Å². The zero-order valence-corrected chi connectivity index (χ0v) is 13.0. The highest BCUT2D eigenvalue weighted by atomic mass is 19.3. The largest absolute Gasteiger partial charge is 0.331 e. The molecule has 0 aliphatic heterocycles. The number of aromatic nitrogens is 2. The average Bonchev–Trinajstić information content (AvgIpc) is 2.95. The molecule has 0 bridgehead atoms. The Labute approximate surface area is 135 Å². The first-order valence-electron chi connectivity index (χ1n) is 7.06. The van der Waals surface area contributed by atoms with E-state index in [1.165, 1.54) is 26.2 Å². The second kappa shape index (κ2) is 7.33. The first kappa shape index (κ1) is 17.8. The van der Waals surface area contributed by atoms with Gasteiger partial charge in [-0.25, -0.2) is 18.6 Å². The molecule has 1 aromatic carbocycles. The monoisotopic (exact) mass is 344 g/mol. The Hall–Kier alpha value is -2.58. The predicted molar refractivity (Wildman–Crippen MR) is 78.3 cm³/mol. The van der Waals surface area contributed by atoms with E-state index >= 15 is 0 Å². The van der Waals surface area contributed by atoms with Crippen LogP contribution in [0.4, 0.5) is 22.4 Å². The van der Waals surface area contributed by atoms with Crippen LogP contribution in [-0.2, 0) is 6.54 Å². The van der Waals surface area contributed by atoms with Gasteiger partial charge in [-0.3, -0.25) is 4.57 Å².